The molecule has 9 heavy (non-hydrogen) atoms. The second kappa shape index (κ2) is 2.40. The second-order valence-corrected chi connectivity index (χ2v) is 1.82. The third kappa shape index (κ3) is 1.13. The Labute approximate surface area is 55.0 Å². The molecule has 2 heteroatoms. The fourth-order valence-corrected chi connectivity index (χ4v) is 0.725. The summed E-state index contributed by atoms with van der Waals surface area (Å²) in [6.07, 6.45) is 3.63. The highest BCUT2D eigenvalue weighted by Gasteiger charge is 2.05. The molecule has 1 rings (SSSR count). The van der Waals surface area contributed by atoms with Crippen LogP contribution >= 0.6 is 0 Å². The Hall–Kier alpha value is -1.18. The van der Waals surface area contributed by atoms with Crippen molar-refractivity contribution in [3.8, 4) is 0 Å². The standard InChI is InChI=1S/C7H10N2/c1-3-4-7-6(2)8-5-9-7/h3-4,8-9H,1-2,5H2/b7-4+. The Bertz CT molecular complexity index is 168. The van der Waals surface area contributed by atoms with E-state index in [-0.39, 0.29) is 0 Å². The molecule has 1 heterocycles. The molecule has 0 aromatic carbocycles. The van der Waals surface area contributed by atoms with Gasteiger partial charge in [0.05, 0.1) is 18.1 Å². The van der Waals surface area contributed by atoms with E-state index in [0.717, 1.165) is 18.1 Å². The molecule has 0 aromatic rings. The predicted molar refractivity (Wildman–Crippen MR) is 38.6 cm³/mol. The maximum Gasteiger partial charge on any atom is 0.0850 e. The minimum atomic E-state index is 0.776. The van der Waals surface area contributed by atoms with Crippen molar-refractivity contribution in [1.29, 1.82) is 0 Å². The number of hydrogen-bond donors (Lipinski definition) is 2. The van der Waals surface area contributed by atoms with E-state index in [4.69, 9.17) is 0 Å². The fourth-order valence-electron chi connectivity index (χ4n) is 0.725. The molecule has 0 amide bonds. The van der Waals surface area contributed by atoms with Crippen LogP contribution in [0.15, 0.2) is 36.7 Å². The van der Waals surface area contributed by atoms with E-state index < -0.39 is 0 Å². The number of allylic oxidation sites excluding steroid dienone is 2. The molecule has 0 aromatic heterocycles. The highest BCUT2D eigenvalue weighted by atomic mass is 15.2. The molecule has 2 nitrogen and oxygen atoms in total. The van der Waals surface area contributed by atoms with Crippen molar-refractivity contribution in [3.05, 3.63) is 36.7 Å². The van der Waals surface area contributed by atoms with Gasteiger partial charge in [0.25, 0.3) is 0 Å². The van der Waals surface area contributed by atoms with Gasteiger partial charge in [0.1, 0.15) is 0 Å². The molecule has 48 valence electrons. The summed E-state index contributed by atoms with van der Waals surface area (Å²) in [5.41, 5.74) is 1.97. The van der Waals surface area contributed by atoms with Crippen molar-refractivity contribution >= 4 is 0 Å². The molecule has 2 N–H and O–H groups in total. The quantitative estimate of drug-likeness (QED) is 0.535. The van der Waals surface area contributed by atoms with E-state index in [1.54, 1.807) is 6.08 Å². The first-order valence-electron chi connectivity index (χ1n) is 2.84. The van der Waals surface area contributed by atoms with Gasteiger partial charge in [0.15, 0.2) is 0 Å². The number of hydrogen-bond acceptors (Lipinski definition) is 2. The summed E-state index contributed by atoms with van der Waals surface area (Å²) in [7, 11) is 0. The summed E-state index contributed by atoms with van der Waals surface area (Å²) in [4.78, 5) is 0. The lowest BCUT2D eigenvalue weighted by atomic mass is 10.3. The van der Waals surface area contributed by atoms with Crippen molar-refractivity contribution in [3.63, 3.8) is 0 Å². The molecule has 1 fully saturated rings. The lowest BCUT2D eigenvalue weighted by Gasteiger charge is -1.92. The van der Waals surface area contributed by atoms with E-state index in [0.29, 0.717) is 0 Å². The van der Waals surface area contributed by atoms with Gasteiger partial charge in [-0.1, -0.05) is 19.2 Å². The van der Waals surface area contributed by atoms with Gasteiger partial charge in [-0.05, 0) is 6.08 Å². The van der Waals surface area contributed by atoms with Crippen LogP contribution in [0.1, 0.15) is 0 Å². The summed E-state index contributed by atoms with van der Waals surface area (Å²) in [6, 6.07) is 0. The average molecular weight is 122 g/mol. The molecule has 0 spiro atoms. The van der Waals surface area contributed by atoms with E-state index in [2.05, 4.69) is 23.8 Å². The molecule has 0 aliphatic carbocycles. The van der Waals surface area contributed by atoms with Crippen molar-refractivity contribution < 1.29 is 0 Å². The van der Waals surface area contributed by atoms with Gasteiger partial charge < -0.3 is 10.6 Å². The van der Waals surface area contributed by atoms with Crippen molar-refractivity contribution in [2.45, 2.75) is 0 Å². The van der Waals surface area contributed by atoms with Gasteiger partial charge in [0, 0.05) is 0 Å². The van der Waals surface area contributed by atoms with E-state index in [1.807, 2.05) is 6.08 Å². The molecule has 1 aliphatic heterocycles. The third-order valence-corrected chi connectivity index (χ3v) is 1.19. The Balaban J connectivity index is 2.69. The van der Waals surface area contributed by atoms with Gasteiger partial charge in [0.2, 0.25) is 0 Å². The van der Waals surface area contributed by atoms with Crippen molar-refractivity contribution in [2.75, 3.05) is 6.67 Å². The minimum Gasteiger partial charge on any atom is -0.367 e. The second-order valence-electron chi connectivity index (χ2n) is 1.82. The van der Waals surface area contributed by atoms with Gasteiger partial charge in [-0.25, -0.2) is 0 Å². The first-order valence-corrected chi connectivity index (χ1v) is 2.84. The smallest absolute Gasteiger partial charge is 0.0850 e. The number of rotatable bonds is 1. The Morgan fingerprint density at radius 3 is 2.67 bits per heavy atom. The largest absolute Gasteiger partial charge is 0.367 e. The van der Waals surface area contributed by atoms with E-state index in [1.165, 1.54) is 0 Å². The van der Waals surface area contributed by atoms with Gasteiger partial charge in [-0.2, -0.15) is 0 Å². The molecule has 0 atom stereocenters. The van der Waals surface area contributed by atoms with Gasteiger partial charge in [-0.3, -0.25) is 0 Å². The molecular weight excluding hydrogens is 112 g/mol. The molecule has 1 aliphatic rings. The summed E-state index contributed by atoms with van der Waals surface area (Å²) < 4.78 is 0. The molecule has 0 radical (unpaired) electrons. The Kier molecular flexibility index (Phi) is 1.58. The maximum atomic E-state index is 3.76. The van der Waals surface area contributed by atoms with Crippen LogP contribution in [0, 0.1) is 0 Å². The molecule has 0 saturated carbocycles. The lowest BCUT2D eigenvalue weighted by Crippen LogP contribution is -2.10. The van der Waals surface area contributed by atoms with Crippen LogP contribution in [-0.4, -0.2) is 6.67 Å². The molecule has 0 unspecified atom stereocenters. The average Bonchev–Trinajstić information content (AvgIpc) is 2.18. The first kappa shape index (κ1) is 5.95. The van der Waals surface area contributed by atoms with Crippen LogP contribution < -0.4 is 10.6 Å². The minimum absolute atomic E-state index is 0.776. The summed E-state index contributed by atoms with van der Waals surface area (Å²) in [5.74, 6) is 0. The highest BCUT2D eigenvalue weighted by molar-refractivity contribution is 5.31. The Morgan fingerprint density at radius 1 is 1.44 bits per heavy atom. The SMILES string of the molecule is C=C/C=C1/NCNC1=C. The first-order chi connectivity index (χ1) is 4.34. The van der Waals surface area contributed by atoms with Crippen LogP contribution in [-0.2, 0) is 0 Å². The predicted octanol–water partition coefficient (Wildman–Crippen LogP) is 0.720. The van der Waals surface area contributed by atoms with Gasteiger partial charge >= 0.3 is 0 Å². The highest BCUT2D eigenvalue weighted by Crippen LogP contribution is 2.04. The van der Waals surface area contributed by atoms with Crippen molar-refractivity contribution in [1.82, 2.24) is 10.6 Å². The zero-order valence-corrected chi connectivity index (χ0v) is 5.28. The molecule has 0 bridgehead atoms. The monoisotopic (exact) mass is 122 g/mol. The summed E-state index contributed by atoms with van der Waals surface area (Å²) in [6.45, 7) is 8.11. The number of nitrogens with one attached hydrogen (secondary N) is 2. The van der Waals surface area contributed by atoms with Gasteiger partial charge in [-0.15, -0.1) is 0 Å². The lowest BCUT2D eigenvalue weighted by molar-refractivity contribution is 0.840. The van der Waals surface area contributed by atoms with Crippen LogP contribution in [0.3, 0.4) is 0 Å². The maximum absolute atomic E-state index is 3.76. The zero-order valence-electron chi connectivity index (χ0n) is 5.28. The summed E-state index contributed by atoms with van der Waals surface area (Å²) >= 11 is 0. The molecule has 1 saturated heterocycles. The van der Waals surface area contributed by atoms with E-state index in [9.17, 15) is 0 Å². The van der Waals surface area contributed by atoms with E-state index >= 15 is 0 Å². The topological polar surface area (TPSA) is 24.1 Å². The normalized spacial score (nSPS) is 21.3. The Morgan fingerprint density at radius 2 is 2.22 bits per heavy atom. The summed E-state index contributed by atoms with van der Waals surface area (Å²) in [5, 5.41) is 6.12. The fraction of sp³-hybridized carbons (Fsp3) is 0.143. The van der Waals surface area contributed by atoms with Crippen LogP contribution in [0.5, 0.6) is 0 Å². The van der Waals surface area contributed by atoms with Crippen molar-refractivity contribution in [2.24, 2.45) is 0 Å². The third-order valence-electron chi connectivity index (χ3n) is 1.19. The molecular formula is C7H10N2. The van der Waals surface area contributed by atoms with Crippen LogP contribution in [0.25, 0.3) is 0 Å². The van der Waals surface area contributed by atoms with Crippen LogP contribution in [0.2, 0.25) is 0 Å². The zero-order chi connectivity index (χ0) is 6.69. The van der Waals surface area contributed by atoms with Crippen LogP contribution in [0.4, 0.5) is 0 Å².